The predicted molar refractivity (Wildman–Crippen MR) is 137 cm³/mol. The second kappa shape index (κ2) is 10.0. The first kappa shape index (κ1) is 23.4. The van der Waals surface area contributed by atoms with Crippen molar-refractivity contribution in [3.63, 3.8) is 0 Å². The number of nitrogens with zero attached hydrogens (tertiary/aromatic N) is 3. The highest BCUT2D eigenvalue weighted by molar-refractivity contribution is 7.99. The lowest BCUT2D eigenvalue weighted by Gasteiger charge is -2.11. The van der Waals surface area contributed by atoms with Gasteiger partial charge in [0.2, 0.25) is 5.91 Å². The molecular weight excluding hydrogens is 472 g/mol. The Morgan fingerprint density at radius 3 is 2.74 bits per heavy atom. The first-order valence-corrected chi connectivity index (χ1v) is 12.1. The number of aromatic nitrogens is 2. The summed E-state index contributed by atoms with van der Waals surface area (Å²) in [5.41, 5.74) is 2.07. The quantitative estimate of drug-likeness (QED) is 0.118. The van der Waals surface area contributed by atoms with Crippen molar-refractivity contribution in [2.24, 2.45) is 0 Å². The van der Waals surface area contributed by atoms with E-state index in [1.807, 2.05) is 36.4 Å². The van der Waals surface area contributed by atoms with Crippen LogP contribution in [0.4, 0.5) is 11.4 Å². The number of hydrogen-bond donors (Lipinski definition) is 1. The summed E-state index contributed by atoms with van der Waals surface area (Å²) in [5.74, 6) is -0.379. The van der Waals surface area contributed by atoms with E-state index in [1.165, 1.54) is 28.0 Å². The van der Waals surface area contributed by atoms with Gasteiger partial charge in [-0.05, 0) is 24.6 Å². The zero-order chi connectivity index (χ0) is 24.2. The lowest BCUT2D eigenvalue weighted by molar-refractivity contribution is -0.385. The molecule has 2 aromatic heterocycles. The predicted octanol–water partition coefficient (Wildman–Crippen LogP) is 5.26. The Morgan fingerprint density at radius 1 is 1.26 bits per heavy atom. The van der Waals surface area contributed by atoms with Crippen molar-refractivity contribution in [3.8, 4) is 10.4 Å². The number of carbonyl (C=O) groups excluding carboxylic acids is 1. The van der Waals surface area contributed by atoms with Gasteiger partial charge in [-0.1, -0.05) is 54.2 Å². The van der Waals surface area contributed by atoms with Crippen LogP contribution < -0.4 is 10.9 Å². The maximum Gasteiger partial charge on any atom is 0.274 e. The number of hydrogen-bond acceptors (Lipinski definition) is 7. The smallest absolute Gasteiger partial charge is 0.274 e. The summed E-state index contributed by atoms with van der Waals surface area (Å²) < 4.78 is 2.04. The van der Waals surface area contributed by atoms with Crippen LogP contribution in [0.3, 0.4) is 0 Å². The van der Waals surface area contributed by atoms with Gasteiger partial charge in [0.25, 0.3) is 11.2 Å². The van der Waals surface area contributed by atoms with Crippen molar-refractivity contribution in [2.75, 3.05) is 11.1 Å². The van der Waals surface area contributed by atoms with E-state index in [-0.39, 0.29) is 29.5 Å². The number of anilines is 1. The van der Waals surface area contributed by atoms with Crippen molar-refractivity contribution < 1.29 is 9.72 Å². The molecule has 1 N–H and O–H groups in total. The number of nitrogens with one attached hydrogen (secondary N) is 1. The first-order valence-electron chi connectivity index (χ1n) is 10.3. The number of allylic oxidation sites excluding steroid dienone is 1. The van der Waals surface area contributed by atoms with Crippen molar-refractivity contribution in [1.29, 1.82) is 0 Å². The minimum atomic E-state index is -0.489. The monoisotopic (exact) mass is 492 g/mol. The number of benzene rings is 2. The van der Waals surface area contributed by atoms with Crippen LogP contribution in [0.25, 0.3) is 20.7 Å². The highest BCUT2D eigenvalue weighted by Gasteiger charge is 2.18. The van der Waals surface area contributed by atoms with E-state index in [1.54, 1.807) is 19.1 Å². The fourth-order valence-corrected chi connectivity index (χ4v) is 5.27. The van der Waals surface area contributed by atoms with E-state index in [0.717, 1.165) is 22.2 Å². The van der Waals surface area contributed by atoms with Gasteiger partial charge in [-0.25, -0.2) is 4.98 Å². The lowest BCUT2D eigenvalue weighted by Crippen LogP contribution is -2.23. The summed E-state index contributed by atoms with van der Waals surface area (Å²) in [7, 11) is 0. The summed E-state index contributed by atoms with van der Waals surface area (Å²) in [4.78, 5) is 42.0. The Morgan fingerprint density at radius 2 is 2.03 bits per heavy atom. The number of thioether (sulfide) groups is 1. The molecule has 0 atom stereocenters. The Labute approximate surface area is 203 Å². The highest BCUT2D eigenvalue weighted by atomic mass is 32.2. The number of amides is 1. The van der Waals surface area contributed by atoms with Gasteiger partial charge in [0, 0.05) is 17.5 Å². The number of fused-ring (bicyclic) bond motifs is 1. The fourth-order valence-electron chi connectivity index (χ4n) is 3.41. The molecule has 0 unspecified atom stereocenters. The number of carbonyl (C=O) groups is 1. The molecule has 0 saturated heterocycles. The van der Waals surface area contributed by atoms with Gasteiger partial charge in [-0.2, -0.15) is 0 Å². The molecule has 4 aromatic rings. The second-order valence-electron chi connectivity index (χ2n) is 7.33. The lowest BCUT2D eigenvalue weighted by atomic mass is 10.1. The molecule has 0 saturated carbocycles. The van der Waals surface area contributed by atoms with Crippen molar-refractivity contribution >= 4 is 50.6 Å². The van der Waals surface area contributed by atoms with E-state index in [4.69, 9.17) is 0 Å². The van der Waals surface area contributed by atoms with Crippen LogP contribution in [0.15, 0.2) is 77.2 Å². The normalized spacial score (nSPS) is 10.9. The molecule has 10 heteroatoms. The molecule has 4 rings (SSSR count). The van der Waals surface area contributed by atoms with E-state index in [9.17, 15) is 19.7 Å². The molecule has 0 fully saturated rings. The number of nitro benzene ring substituents is 1. The minimum Gasteiger partial charge on any atom is -0.325 e. The SMILES string of the molecule is C=CCn1c(SCC(=O)Nc2cccc([N+](=O)[O-])c2C)nc2cc(-c3ccccc3)sc2c1=O. The van der Waals surface area contributed by atoms with Crippen LogP contribution in [0.2, 0.25) is 0 Å². The Kier molecular flexibility index (Phi) is 6.90. The number of nitro groups is 1. The molecule has 2 heterocycles. The molecule has 34 heavy (non-hydrogen) atoms. The maximum atomic E-state index is 13.2. The topological polar surface area (TPSA) is 107 Å². The van der Waals surface area contributed by atoms with Crippen molar-refractivity contribution in [3.05, 3.63) is 93.3 Å². The van der Waals surface area contributed by atoms with E-state index in [2.05, 4.69) is 16.9 Å². The Balaban J connectivity index is 1.60. The third-order valence-electron chi connectivity index (χ3n) is 5.08. The fraction of sp³-hybridized carbons (Fsp3) is 0.125. The third kappa shape index (κ3) is 4.78. The summed E-state index contributed by atoms with van der Waals surface area (Å²) in [6.45, 7) is 5.57. The molecule has 0 bridgehead atoms. The van der Waals surface area contributed by atoms with Gasteiger partial charge < -0.3 is 5.32 Å². The van der Waals surface area contributed by atoms with Gasteiger partial charge in [0.05, 0.1) is 27.4 Å². The van der Waals surface area contributed by atoms with Crippen molar-refractivity contribution in [1.82, 2.24) is 9.55 Å². The molecule has 172 valence electrons. The van der Waals surface area contributed by atoms with Gasteiger partial charge in [-0.3, -0.25) is 24.3 Å². The molecule has 0 aliphatic rings. The van der Waals surface area contributed by atoms with Gasteiger partial charge in [0.15, 0.2) is 5.16 Å². The standard InChI is InChI=1S/C24H20N4O4S2/c1-3-12-27-23(30)22-18(13-20(34-22)16-8-5-4-6-9-16)26-24(27)33-14-21(29)25-17-10-7-11-19(15(17)2)28(31)32/h3-11,13H,1,12,14H2,2H3,(H,25,29). The zero-order valence-electron chi connectivity index (χ0n) is 18.2. The van der Waals surface area contributed by atoms with E-state index < -0.39 is 4.92 Å². The average Bonchev–Trinajstić information content (AvgIpc) is 3.26. The van der Waals surface area contributed by atoms with E-state index >= 15 is 0 Å². The summed E-state index contributed by atoms with van der Waals surface area (Å²) >= 11 is 2.51. The molecule has 0 radical (unpaired) electrons. The van der Waals surface area contributed by atoms with Crippen LogP contribution in [0, 0.1) is 17.0 Å². The Bertz CT molecular complexity index is 1460. The van der Waals surface area contributed by atoms with E-state index in [0.29, 0.717) is 26.6 Å². The molecule has 2 aromatic carbocycles. The molecular formula is C24H20N4O4S2. The average molecular weight is 493 g/mol. The van der Waals surface area contributed by atoms with Crippen molar-refractivity contribution in [2.45, 2.75) is 18.6 Å². The van der Waals surface area contributed by atoms with Crippen LogP contribution in [0.5, 0.6) is 0 Å². The zero-order valence-corrected chi connectivity index (χ0v) is 19.8. The van der Waals surface area contributed by atoms with Crippen LogP contribution in [0.1, 0.15) is 5.56 Å². The summed E-state index contributed by atoms with van der Waals surface area (Å²) in [6.07, 6.45) is 1.61. The molecule has 0 aliphatic carbocycles. The van der Waals surface area contributed by atoms with Gasteiger partial charge >= 0.3 is 0 Å². The third-order valence-corrected chi connectivity index (χ3v) is 7.21. The van der Waals surface area contributed by atoms with Crippen LogP contribution in [-0.4, -0.2) is 26.1 Å². The molecule has 8 nitrogen and oxygen atoms in total. The molecule has 1 amide bonds. The second-order valence-corrected chi connectivity index (χ2v) is 9.33. The molecule has 0 aliphatic heterocycles. The first-order chi connectivity index (χ1) is 16.4. The maximum absolute atomic E-state index is 13.2. The number of thiophene rings is 1. The van der Waals surface area contributed by atoms with Crippen LogP contribution >= 0.6 is 23.1 Å². The van der Waals surface area contributed by atoms with Gasteiger partial charge in [0.1, 0.15) is 4.70 Å². The van der Waals surface area contributed by atoms with Crippen LogP contribution in [-0.2, 0) is 11.3 Å². The van der Waals surface area contributed by atoms with Gasteiger partial charge in [-0.15, -0.1) is 17.9 Å². The molecule has 0 spiro atoms. The Hall–Kier alpha value is -3.76. The summed E-state index contributed by atoms with van der Waals surface area (Å²) in [6, 6.07) is 16.2. The minimum absolute atomic E-state index is 0.0209. The summed E-state index contributed by atoms with van der Waals surface area (Å²) in [5, 5.41) is 14.3. The number of rotatable bonds is 8. The highest BCUT2D eigenvalue weighted by Crippen LogP contribution is 2.32. The largest absolute Gasteiger partial charge is 0.325 e.